The van der Waals surface area contributed by atoms with Gasteiger partial charge in [0.05, 0.1) is 23.8 Å². The lowest BCUT2D eigenvalue weighted by Gasteiger charge is -2.36. The summed E-state index contributed by atoms with van der Waals surface area (Å²) in [5, 5.41) is 9.11. The highest BCUT2D eigenvalue weighted by Crippen LogP contribution is 2.20. The number of morpholine rings is 1. The van der Waals surface area contributed by atoms with Gasteiger partial charge in [-0.25, -0.2) is 0 Å². The van der Waals surface area contributed by atoms with Gasteiger partial charge in [-0.2, -0.15) is 0 Å². The van der Waals surface area contributed by atoms with Gasteiger partial charge in [-0.05, 0) is 32.0 Å². The fourth-order valence-electron chi connectivity index (χ4n) is 2.24. The predicted molar refractivity (Wildman–Crippen MR) is 81.3 cm³/mol. The number of hydrogen-bond donors (Lipinski definition) is 1. The van der Waals surface area contributed by atoms with E-state index >= 15 is 0 Å². The predicted octanol–water partition coefficient (Wildman–Crippen LogP) is 1.93. The quantitative estimate of drug-likeness (QED) is 0.807. The molecule has 21 heavy (non-hydrogen) atoms. The average Bonchev–Trinajstić information content (AvgIpc) is 2.47. The molecular weight excluding hydrogens is 290 g/mol. The van der Waals surface area contributed by atoms with E-state index in [0.29, 0.717) is 29.3 Å². The first-order valence-corrected chi connectivity index (χ1v) is 7.22. The average molecular weight is 308 g/mol. The Labute approximate surface area is 129 Å². The number of amides is 1. The van der Waals surface area contributed by atoms with Crippen LogP contribution in [0.15, 0.2) is 18.2 Å². The second kappa shape index (κ2) is 6.95. The molecule has 0 bridgehead atoms. The lowest BCUT2D eigenvalue weighted by atomic mass is 10.1. The molecule has 1 saturated heterocycles. The van der Waals surface area contributed by atoms with E-state index in [0.717, 1.165) is 0 Å². The van der Waals surface area contributed by atoms with E-state index in [-0.39, 0.29) is 24.7 Å². The van der Waals surface area contributed by atoms with Crippen LogP contribution in [-0.2, 0) is 4.74 Å². The number of halogens is 1. The standard InChI is InChI=1S/C16H18ClNO3/c1-11-10-21-12(2)9-18(11)16(20)14-6-5-13(4-3-7-19)15(17)8-14/h5-6,8,11-12,19H,7,9-10H2,1-2H3. The van der Waals surface area contributed by atoms with Crippen LogP contribution in [0.25, 0.3) is 0 Å². The zero-order valence-corrected chi connectivity index (χ0v) is 12.9. The van der Waals surface area contributed by atoms with Crippen LogP contribution in [0.1, 0.15) is 29.8 Å². The van der Waals surface area contributed by atoms with Gasteiger partial charge < -0.3 is 14.7 Å². The minimum atomic E-state index is -0.222. The van der Waals surface area contributed by atoms with Crippen LogP contribution in [0.4, 0.5) is 0 Å². The molecule has 1 N–H and O–H groups in total. The SMILES string of the molecule is CC1CN(C(=O)c2ccc(C#CCO)c(Cl)c2)C(C)CO1. The monoisotopic (exact) mass is 307 g/mol. The summed E-state index contributed by atoms with van der Waals surface area (Å²) in [6.45, 7) is 4.81. The van der Waals surface area contributed by atoms with Gasteiger partial charge in [0.15, 0.2) is 0 Å². The van der Waals surface area contributed by atoms with E-state index in [1.165, 1.54) is 0 Å². The van der Waals surface area contributed by atoms with Crippen molar-refractivity contribution in [3.05, 3.63) is 34.3 Å². The summed E-state index contributed by atoms with van der Waals surface area (Å²) >= 11 is 6.13. The number of benzene rings is 1. The third-order valence-electron chi connectivity index (χ3n) is 3.39. The summed E-state index contributed by atoms with van der Waals surface area (Å²) in [5.41, 5.74) is 1.14. The molecule has 4 nitrogen and oxygen atoms in total. The number of carbonyl (C=O) groups is 1. The van der Waals surface area contributed by atoms with Crippen LogP contribution < -0.4 is 0 Å². The number of carbonyl (C=O) groups excluding carboxylic acids is 1. The molecule has 112 valence electrons. The second-order valence-corrected chi connectivity index (χ2v) is 5.51. The summed E-state index contributed by atoms with van der Waals surface area (Å²) in [5.74, 6) is 5.23. The van der Waals surface area contributed by atoms with Gasteiger partial charge in [-0.1, -0.05) is 23.4 Å². The molecule has 1 aromatic rings. The molecule has 2 atom stereocenters. The first-order chi connectivity index (χ1) is 10.0. The van der Waals surface area contributed by atoms with Crippen LogP contribution >= 0.6 is 11.6 Å². The summed E-state index contributed by atoms with van der Waals surface area (Å²) in [7, 11) is 0. The molecule has 1 aliphatic heterocycles. The smallest absolute Gasteiger partial charge is 0.254 e. The van der Waals surface area contributed by atoms with Gasteiger partial charge in [-0.3, -0.25) is 4.79 Å². The zero-order valence-electron chi connectivity index (χ0n) is 12.1. The van der Waals surface area contributed by atoms with Crippen molar-refractivity contribution in [1.82, 2.24) is 4.90 Å². The van der Waals surface area contributed by atoms with Crippen molar-refractivity contribution in [3.63, 3.8) is 0 Å². The van der Waals surface area contributed by atoms with Crippen LogP contribution in [0, 0.1) is 11.8 Å². The molecular formula is C16H18ClNO3. The highest BCUT2D eigenvalue weighted by molar-refractivity contribution is 6.32. The van der Waals surface area contributed by atoms with Crippen LogP contribution in [-0.4, -0.2) is 47.8 Å². The molecule has 1 amide bonds. The minimum absolute atomic E-state index is 0.0373. The molecule has 0 radical (unpaired) electrons. The Kier molecular flexibility index (Phi) is 5.24. The Hall–Kier alpha value is -1.54. The topological polar surface area (TPSA) is 49.8 Å². The maximum Gasteiger partial charge on any atom is 0.254 e. The van der Waals surface area contributed by atoms with Gasteiger partial charge >= 0.3 is 0 Å². The van der Waals surface area contributed by atoms with Gasteiger partial charge in [-0.15, -0.1) is 0 Å². The lowest BCUT2D eigenvalue weighted by Crippen LogP contribution is -2.50. The van der Waals surface area contributed by atoms with Crippen molar-refractivity contribution in [2.24, 2.45) is 0 Å². The Morgan fingerprint density at radius 1 is 1.52 bits per heavy atom. The number of rotatable bonds is 1. The zero-order chi connectivity index (χ0) is 15.4. The van der Waals surface area contributed by atoms with Crippen molar-refractivity contribution in [2.75, 3.05) is 19.8 Å². The fourth-order valence-corrected chi connectivity index (χ4v) is 2.46. The highest BCUT2D eigenvalue weighted by Gasteiger charge is 2.28. The molecule has 5 heteroatoms. The summed E-state index contributed by atoms with van der Waals surface area (Å²) in [6.07, 6.45) is 0.0373. The van der Waals surface area contributed by atoms with Gasteiger partial charge in [0.2, 0.25) is 0 Å². The Balaban J connectivity index is 2.21. The highest BCUT2D eigenvalue weighted by atomic mass is 35.5. The molecule has 0 aromatic heterocycles. The van der Waals surface area contributed by atoms with E-state index in [4.69, 9.17) is 21.4 Å². The number of hydrogen-bond acceptors (Lipinski definition) is 3. The number of nitrogens with zero attached hydrogens (tertiary/aromatic N) is 1. The number of aliphatic hydroxyl groups is 1. The van der Waals surface area contributed by atoms with Crippen LogP contribution in [0.2, 0.25) is 5.02 Å². The summed E-state index contributed by atoms with van der Waals surface area (Å²) < 4.78 is 5.53. The Morgan fingerprint density at radius 3 is 2.95 bits per heavy atom. The minimum Gasteiger partial charge on any atom is -0.384 e. The van der Waals surface area contributed by atoms with E-state index in [9.17, 15) is 4.79 Å². The summed E-state index contributed by atoms with van der Waals surface area (Å²) in [6, 6.07) is 5.08. The normalized spacial score (nSPS) is 21.6. The molecule has 2 rings (SSSR count). The third-order valence-corrected chi connectivity index (χ3v) is 3.70. The molecule has 0 spiro atoms. The van der Waals surface area contributed by atoms with Crippen molar-refractivity contribution >= 4 is 17.5 Å². The second-order valence-electron chi connectivity index (χ2n) is 5.11. The molecule has 1 aromatic carbocycles. The molecule has 1 heterocycles. The van der Waals surface area contributed by atoms with Crippen molar-refractivity contribution in [1.29, 1.82) is 0 Å². The van der Waals surface area contributed by atoms with Crippen molar-refractivity contribution < 1.29 is 14.6 Å². The largest absolute Gasteiger partial charge is 0.384 e. The van der Waals surface area contributed by atoms with Crippen LogP contribution in [0.3, 0.4) is 0 Å². The molecule has 1 aliphatic rings. The molecule has 2 unspecified atom stereocenters. The van der Waals surface area contributed by atoms with Gasteiger partial charge in [0.1, 0.15) is 6.61 Å². The van der Waals surface area contributed by atoms with E-state index in [1.54, 1.807) is 23.1 Å². The maximum atomic E-state index is 12.6. The van der Waals surface area contributed by atoms with Gasteiger partial charge in [0.25, 0.3) is 5.91 Å². The van der Waals surface area contributed by atoms with E-state index in [1.807, 2.05) is 13.8 Å². The summed E-state index contributed by atoms with van der Waals surface area (Å²) in [4.78, 5) is 14.4. The molecule has 1 fully saturated rings. The number of ether oxygens (including phenoxy) is 1. The Morgan fingerprint density at radius 2 is 2.29 bits per heavy atom. The molecule has 0 saturated carbocycles. The van der Waals surface area contributed by atoms with Crippen molar-refractivity contribution in [3.8, 4) is 11.8 Å². The Bertz CT molecular complexity index is 591. The van der Waals surface area contributed by atoms with Gasteiger partial charge in [0, 0.05) is 17.7 Å². The third kappa shape index (κ3) is 3.76. The first-order valence-electron chi connectivity index (χ1n) is 6.84. The molecule has 0 aliphatic carbocycles. The van der Waals surface area contributed by atoms with E-state index < -0.39 is 0 Å². The fraction of sp³-hybridized carbons (Fsp3) is 0.438. The first kappa shape index (κ1) is 15.8. The lowest BCUT2D eigenvalue weighted by molar-refractivity contribution is -0.0387. The van der Waals surface area contributed by atoms with Crippen LogP contribution in [0.5, 0.6) is 0 Å². The van der Waals surface area contributed by atoms with Crippen molar-refractivity contribution in [2.45, 2.75) is 26.0 Å². The van der Waals surface area contributed by atoms with E-state index in [2.05, 4.69) is 11.8 Å². The number of aliphatic hydroxyl groups excluding tert-OH is 1. The maximum absolute atomic E-state index is 12.6.